The quantitative estimate of drug-likeness (QED) is 0.868. The fraction of sp³-hybridized carbons (Fsp3) is 0.556. The number of piperidine rings is 1. The minimum atomic E-state index is -2.71. The molecule has 1 unspecified atom stereocenters. The van der Waals surface area contributed by atoms with Crippen LogP contribution in [0.25, 0.3) is 11.4 Å². The van der Waals surface area contributed by atoms with Gasteiger partial charge >= 0.3 is 0 Å². The third-order valence-corrected chi connectivity index (χ3v) is 4.89. The Morgan fingerprint density at radius 3 is 2.77 bits per heavy atom. The van der Waals surface area contributed by atoms with Gasteiger partial charge in [-0.1, -0.05) is 29.8 Å². The summed E-state index contributed by atoms with van der Waals surface area (Å²) in [6.07, 6.45) is 3.53. The van der Waals surface area contributed by atoms with Crippen molar-refractivity contribution in [1.29, 1.82) is 0 Å². The minimum Gasteiger partial charge on any atom is -0.337 e. The monoisotopic (exact) mass is 384 g/mol. The average molecular weight is 385 g/mol. The molecule has 26 heavy (non-hydrogen) atoms. The molecule has 0 radical (unpaired) electrons. The summed E-state index contributed by atoms with van der Waals surface area (Å²) in [5, 5.41) is 6.72. The van der Waals surface area contributed by atoms with Crippen molar-refractivity contribution in [3.05, 3.63) is 35.7 Å². The molecule has 1 aromatic carbocycles. The SMILES string of the molecule is Cl.FC1(F)CNC(c2nc(-c3cccc(CN4CCCCC4)c3)no2)C1. The molecule has 1 atom stereocenters. The Labute approximate surface area is 157 Å². The van der Waals surface area contributed by atoms with Crippen molar-refractivity contribution in [2.45, 2.75) is 44.2 Å². The molecular weight excluding hydrogens is 362 g/mol. The van der Waals surface area contributed by atoms with Crippen molar-refractivity contribution < 1.29 is 13.3 Å². The van der Waals surface area contributed by atoms with E-state index >= 15 is 0 Å². The van der Waals surface area contributed by atoms with Gasteiger partial charge in [-0.2, -0.15) is 4.98 Å². The van der Waals surface area contributed by atoms with Gasteiger partial charge in [0, 0.05) is 18.5 Å². The third kappa shape index (κ3) is 4.39. The molecule has 2 saturated heterocycles. The normalized spacial score (nSPS) is 22.9. The lowest BCUT2D eigenvalue weighted by Crippen LogP contribution is -2.29. The molecule has 0 saturated carbocycles. The predicted octanol–water partition coefficient (Wildman–Crippen LogP) is 3.81. The maximum Gasteiger partial charge on any atom is 0.262 e. The highest BCUT2D eigenvalue weighted by Crippen LogP contribution is 2.33. The van der Waals surface area contributed by atoms with Gasteiger partial charge in [-0.15, -0.1) is 12.4 Å². The van der Waals surface area contributed by atoms with E-state index in [1.54, 1.807) is 0 Å². The fourth-order valence-corrected chi connectivity index (χ4v) is 3.57. The van der Waals surface area contributed by atoms with Crippen LogP contribution in [-0.2, 0) is 6.54 Å². The molecule has 2 fully saturated rings. The Balaban J connectivity index is 0.00000196. The molecule has 1 aromatic heterocycles. The Hall–Kier alpha value is -1.57. The highest BCUT2D eigenvalue weighted by Gasteiger charge is 2.42. The minimum absolute atomic E-state index is 0. The van der Waals surface area contributed by atoms with Crippen LogP contribution in [0.2, 0.25) is 0 Å². The summed E-state index contributed by atoms with van der Waals surface area (Å²) in [6, 6.07) is 7.48. The number of nitrogens with one attached hydrogen (secondary N) is 1. The Morgan fingerprint density at radius 2 is 2.04 bits per heavy atom. The molecule has 0 aliphatic carbocycles. The van der Waals surface area contributed by atoms with E-state index in [4.69, 9.17) is 4.52 Å². The number of rotatable bonds is 4. The van der Waals surface area contributed by atoms with Gasteiger partial charge in [-0.25, -0.2) is 8.78 Å². The van der Waals surface area contributed by atoms with E-state index < -0.39 is 12.0 Å². The lowest BCUT2D eigenvalue weighted by Gasteiger charge is -2.26. The van der Waals surface area contributed by atoms with Crippen LogP contribution in [0.4, 0.5) is 8.78 Å². The highest BCUT2D eigenvalue weighted by atomic mass is 35.5. The Morgan fingerprint density at radius 1 is 1.23 bits per heavy atom. The van der Waals surface area contributed by atoms with Crippen molar-refractivity contribution in [3.8, 4) is 11.4 Å². The lowest BCUT2D eigenvalue weighted by molar-refractivity contribution is 0.0200. The molecule has 5 nitrogen and oxygen atoms in total. The fourth-order valence-electron chi connectivity index (χ4n) is 3.57. The van der Waals surface area contributed by atoms with E-state index in [-0.39, 0.29) is 31.3 Å². The zero-order valence-electron chi connectivity index (χ0n) is 14.5. The van der Waals surface area contributed by atoms with Gasteiger partial charge < -0.3 is 4.52 Å². The molecule has 4 rings (SSSR count). The van der Waals surface area contributed by atoms with Crippen LogP contribution in [0.15, 0.2) is 28.8 Å². The lowest BCUT2D eigenvalue weighted by atomic mass is 10.1. The predicted molar refractivity (Wildman–Crippen MR) is 96.4 cm³/mol. The van der Waals surface area contributed by atoms with Crippen LogP contribution in [0.1, 0.15) is 43.2 Å². The molecular formula is C18H23ClF2N4O. The smallest absolute Gasteiger partial charge is 0.262 e. The van der Waals surface area contributed by atoms with Crippen LogP contribution in [0, 0.1) is 0 Å². The first-order valence-electron chi connectivity index (χ1n) is 8.86. The van der Waals surface area contributed by atoms with Gasteiger partial charge in [0.1, 0.15) is 0 Å². The van der Waals surface area contributed by atoms with Gasteiger partial charge in [-0.05, 0) is 37.6 Å². The zero-order chi connectivity index (χ0) is 17.3. The first-order valence-corrected chi connectivity index (χ1v) is 8.86. The van der Waals surface area contributed by atoms with Gasteiger partial charge in [0.15, 0.2) is 0 Å². The molecule has 2 aliphatic rings. The van der Waals surface area contributed by atoms with E-state index in [0.29, 0.717) is 5.82 Å². The topological polar surface area (TPSA) is 54.2 Å². The second-order valence-corrected chi connectivity index (χ2v) is 6.99. The number of hydrogen-bond acceptors (Lipinski definition) is 5. The number of likely N-dealkylation sites (tertiary alicyclic amines) is 1. The maximum atomic E-state index is 13.3. The van der Waals surface area contributed by atoms with Crippen LogP contribution in [0.3, 0.4) is 0 Å². The van der Waals surface area contributed by atoms with Crippen molar-refractivity contribution >= 4 is 12.4 Å². The van der Waals surface area contributed by atoms with Gasteiger partial charge in [0.2, 0.25) is 11.7 Å². The molecule has 0 spiro atoms. The van der Waals surface area contributed by atoms with E-state index in [0.717, 1.165) is 25.2 Å². The molecule has 8 heteroatoms. The molecule has 0 amide bonds. The number of alkyl halides is 2. The number of halogens is 3. The van der Waals surface area contributed by atoms with E-state index in [9.17, 15) is 8.78 Å². The van der Waals surface area contributed by atoms with Gasteiger partial charge in [0.25, 0.3) is 5.92 Å². The van der Waals surface area contributed by atoms with E-state index in [1.165, 1.54) is 24.8 Å². The molecule has 0 bridgehead atoms. The number of hydrogen-bond donors (Lipinski definition) is 1. The second-order valence-electron chi connectivity index (χ2n) is 6.99. The molecule has 3 heterocycles. The largest absolute Gasteiger partial charge is 0.337 e. The maximum absolute atomic E-state index is 13.3. The summed E-state index contributed by atoms with van der Waals surface area (Å²) in [4.78, 5) is 6.78. The standard InChI is InChI=1S/C18H22F2N4O.ClH/c19-18(20)10-15(21-12-18)17-22-16(23-25-17)14-6-4-5-13(9-14)11-24-7-2-1-3-8-24;/h4-6,9,15,21H,1-3,7-8,10-12H2;1H. The van der Waals surface area contributed by atoms with Crippen LogP contribution >= 0.6 is 12.4 Å². The number of nitrogens with zero attached hydrogens (tertiary/aromatic N) is 3. The van der Waals surface area contributed by atoms with Crippen LogP contribution in [-0.4, -0.2) is 40.6 Å². The summed E-state index contributed by atoms with van der Waals surface area (Å²) >= 11 is 0. The van der Waals surface area contributed by atoms with E-state index in [1.807, 2.05) is 12.1 Å². The second kappa shape index (κ2) is 7.98. The van der Waals surface area contributed by atoms with Crippen LogP contribution < -0.4 is 5.32 Å². The van der Waals surface area contributed by atoms with Crippen LogP contribution in [0.5, 0.6) is 0 Å². The highest BCUT2D eigenvalue weighted by molar-refractivity contribution is 5.85. The Bertz CT molecular complexity index is 733. The third-order valence-electron chi connectivity index (χ3n) is 4.89. The first kappa shape index (κ1) is 19.2. The zero-order valence-corrected chi connectivity index (χ0v) is 15.3. The Kier molecular flexibility index (Phi) is 5.89. The van der Waals surface area contributed by atoms with E-state index in [2.05, 4.69) is 32.5 Å². The molecule has 2 aliphatic heterocycles. The number of benzene rings is 1. The summed E-state index contributed by atoms with van der Waals surface area (Å²) in [6.45, 7) is 2.84. The summed E-state index contributed by atoms with van der Waals surface area (Å²) in [7, 11) is 0. The average Bonchev–Trinajstić information content (AvgIpc) is 3.22. The van der Waals surface area contributed by atoms with Gasteiger partial charge in [-0.3, -0.25) is 10.2 Å². The summed E-state index contributed by atoms with van der Waals surface area (Å²) in [5.41, 5.74) is 2.06. The van der Waals surface area contributed by atoms with Crippen molar-refractivity contribution in [2.24, 2.45) is 0 Å². The number of aromatic nitrogens is 2. The summed E-state index contributed by atoms with van der Waals surface area (Å²) in [5.74, 6) is -2.03. The van der Waals surface area contributed by atoms with Gasteiger partial charge in [0.05, 0.1) is 12.6 Å². The molecule has 142 valence electrons. The molecule has 2 aromatic rings. The first-order chi connectivity index (χ1) is 12.1. The van der Waals surface area contributed by atoms with Crippen molar-refractivity contribution in [2.75, 3.05) is 19.6 Å². The summed E-state index contributed by atoms with van der Waals surface area (Å²) < 4.78 is 31.9. The molecule has 1 N–H and O–H groups in total. The van der Waals surface area contributed by atoms with Crippen molar-refractivity contribution in [3.63, 3.8) is 0 Å². The van der Waals surface area contributed by atoms with Crippen molar-refractivity contribution in [1.82, 2.24) is 20.4 Å².